The molecule has 1 heterocycles. The third-order valence-corrected chi connectivity index (χ3v) is 3.13. The number of hydrogen-bond acceptors (Lipinski definition) is 5. The fourth-order valence-corrected chi connectivity index (χ4v) is 1.75. The van der Waals surface area contributed by atoms with E-state index in [0.29, 0.717) is 24.3 Å². The van der Waals surface area contributed by atoms with E-state index in [1.54, 1.807) is 0 Å². The van der Waals surface area contributed by atoms with Gasteiger partial charge >= 0.3 is 0 Å². The summed E-state index contributed by atoms with van der Waals surface area (Å²) in [5.41, 5.74) is 5.37. The first-order valence-electron chi connectivity index (χ1n) is 5.79. The quantitative estimate of drug-likeness (QED) is 0.833. The van der Waals surface area contributed by atoms with Crippen LogP contribution in [0.4, 0.5) is 0 Å². The standard InChI is InChI=1S/C11H20N4O/c1-11(2,12)10-13-9(16-14-10)7-15(3)8-5-4-6-8/h8H,4-7,12H2,1-3H3. The van der Waals surface area contributed by atoms with Gasteiger partial charge in [0.1, 0.15) is 0 Å². The van der Waals surface area contributed by atoms with Gasteiger partial charge in [0.25, 0.3) is 0 Å². The molecule has 1 aromatic rings. The van der Waals surface area contributed by atoms with Crippen LogP contribution >= 0.6 is 0 Å². The molecule has 2 N–H and O–H groups in total. The Balaban J connectivity index is 1.97. The first kappa shape index (κ1) is 11.5. The van der Waals surface area contributed by atoms with Crippen molar-refractivity contribution in [2.45, 2.75) is 51.2 Å². The van der Waals surface area contributed by atoms with E-state index in [4.69, 9.17) is 10.3 Å². The molecular formula is C11H20N4O. The zero-order valence-corrected chi connectivity index (χ0v) is 10.2. The second-order valence-electron chi connectivity index (χ2n) is 5.23. The van der Waals surface area contributed by atoms with Gasteiger partial charge < -0.3 is 10.3 Å². The van der Waals surface area contributed by atoms with Crippen LogP contribution in [0, 0.1) is 0 Å². The summed E-state index contributed by atoms with van der Waals surface area (Å²) in [5.74, 6) is 1.23. The molecule has 0 spiro atoms. The average molecular weight is 224 g/mol. The van der Waals surface area contributed by atoms with Crippen molar-refractivity contribution >= 4 is 0 Å². The molecule has 16 heavy (non-hydrogen) atoms. The van der Waals surface area contributed by atoms with Gasteiger partial charge in [0.05, 0.1) is 12.1 Å². The van der Waals surface area contributed by atoms with Crippen molar-refractivity contribution in [1.82, 2.24) is 15.0 Å². The third kappa shape index (κ3) is 2.41. The van der Waals surface area contributed by atoms with E-state index in [1.807, 2.05) is 13.8 Å². The lowest BCUT2D eigenvalue weighted by Crippen LogP contribution is -2.36. The predicted molar refractivity (Wildman–Crippen MR) is 60.6 cm³/mol. The Morgan fingerprint density at radius 2 is 2.19 bits per heavy atom. The summed E-state index contributed by atoms with van der Waals surface area (Å²) in [6.07, 6.45) is 3.89. The summed E-state index contributed by atoms with van der Waals surface area (Å²) >= 11 is 0. The van der Waals surface area contributed by atoms with Crippen LogP contribution in [0.15, 0.2) is 4.52 Å². The molecule has 0 saturated heterocycles. The van der Waals surface area contributed by atoms with Gasteiger partial charge in [0.2, 0.25) is 5.89 Å². The largest absolute Gasteiger partial charge is 0.338 e. The fraction of sp³-hybridized carbons (Fsp3) is 0.818. The van der Waals surface area contributed by atoms with E-state index in [1.165, 1.54) is 19.3 Å². The second-order valence-corrected chi connectivity index (χ2v) is 5.23. The maximum atomic E-state index is 5.90. The minimum Gasteiger partial charge on any atom is -0.338 e. The smallest absolute Gasteiger partial charge is 0.240 e. The molecule has 1 aliphatic rings. The summed E-state index contributed by atoms with van der Waals surface area (Å²) in [6, 6.07) is 0.682. The molecule has 0 atom stereocenters. The molecule has 1 aromatic heterocycles. The molecule has 0 radical (unpaired) electrons. The SMILES string of the molecule is CN(Cc1nc(C(C)(C)N)no1)C1CCC1. The normalized spacial score (nSPS) is 17.8. The molecule has 0 amide bonds. The molecule has 5 heteroatoms. The van der Waals surface area contributed by atoms with Gasteiger partial charge in [-0.05, 0) is 33.7 Å². The van der Waals surface area contributed by atoms with Gasteiger partial charge in [0.15, 0.2) is 5.82 Å². The monoisotopic (exact) mass is 224 g/mol. The highest BCUT2D eigenvalue weighted by Crippen LogP contribution is 2.24. The van der Waals surface area contributed by atoms with Crippen LogP contribution in [0.25, 0.3) is 0 Å². The number of nitrogens with zero attached hydrogens (tertiary/aromatic N) is 3. The van der Waals surface area contributed by atoms with Gasteiger partial charge in [0, 0.05) is 6.04 Å². The van der Waals surface area contributed by atoms with Crippen LogP contribution in [-0.2, 0) is 12.1 Å². The molecule has 0 unspecified atom stereocenters. The molecule has 5 nitrogen and oxygen atoms in total. The lowest BCUT2D eigenvalue weighted by atomic mass is 9.92. The molecule has 0 bridgehead atoms. The Morgan fingerprint density at radius 3 is 2.62 bits per heavy atom. The zero-order chi connectivity index (χ0) is 11.8. The van der Waals surface area contributed by atoms with Gasteiger partial charge in [-0.2, -0.15) is 4.98 Å². The minimum absolute atomic E-state index is 0.531. The van der Waals surface area contributed by atoms with Gasteiger partial charge in [-0.15, -0.1) is 0 Å². The Labute approximate surface area is 96.0 Å². The summed E-state index contributed by atoms with van der Waals surface area (Å²) in [6.45, 7) is 4.46. The van der Waals surface area contributed by atoms with Crippen LogP contribution in [0.3, 0.4) is 0 Å². The average Bonchev–Trinajstić information content (AvgIpc) is 2.47. The van der Waals surface area contributed by atoms with Crippen molar-refractivity contribution in [3.05, 3.63) is 11.7 Å². The minimum atomic E-state index is -0.531. The number of hydrogen-bond donors (Lipinski definition) is 1. The molecule has 0 aliphatic heterocycles. The molecule has 2 rings (SSSR count). The van der Waals surface area contributed by atoms with Crippen molar-refractivity contribution in [2.24, 2.45) is 5.73 Å². The van der Waals surface area contributed by atoms with Crippen LogP contribution in [0.1, 0.15) is 44.8 Å². The highest BCUT2D eigenvalue weighted by atomic mass is 16.5. The van der Waals surface area contributed by atoms with Gasteiger partial charge in [-0.1, -0.05) is 11.6 Å². The Hall–Kier alpha value is -0.940. The Kier molecular flexibility index (Phi) is 2.99. The van der Waals surface area contributed by atoms with Crippen LogP contribution < -0.4 is 5.73 Å². The Morgan fingerprint density at radius 1 is 1.50 bits per heavy atom. The summed E-state index contributed by atoms with van der Waals surface area (Å²) in [5, 5.41) is 3.91. The molecular weight excluding hydrogens is 204 g/mol. The maximum Gasteiger partial charge on any atom is 0.240 e. The van der Waals surface area contributed by atoms with E-state index in [0.717, 1.165) is 0 Å². The number of aromatic nitrogens is 2. The van der Waals surface area contributed by atoms with Crippen molar-refractivity contribution in [2.75, 3.05) is 7.05 Å². The van der Waals surface area contributed by atoms with Crippen molar-refractivity contribution < 1.29 is 4.52 Å². The van der Waals surface area contributed by atoms with Gasteiger partial charge in [-0.3, -0.25) is 4.90 Å². The van der Waals surface area contributed by atoms with E-state index in [9.17, 15) is 0 Å². The Bertz CT molecular complexity index is 351. The lowest BCUT2D eigenvalue weighted by Gasteiger charge is -2.33. The fourth-order valence-electron chi connectivity index (χ4n) is 1.75. The first-order valence-corrected chi connectivity index (χ1v) is 5.79. The van der Waals surface area contributed by atoms with E-state index in [2.05, 4.69) is 22.1 Å². The highest BCUT2D eigenvalue weighted by Gasteiger charge is 2.25. The van der Waals surface area contributed by atoms with E-state index < -0.39 is 5.54 Å². The van der Waals surface area contributed by atoms with Gasteiger partial charge in [-0.25, -0.2) is 0 Å². The van der Waals surface area contributed by atoms with Crippen LogP contribution in [-0.4, -0.2) is 28.1 Å². The van der Waals surface area contributed by atoms with Crippen LogP contribution in [0.5, 0.6) is 0 Å². The molecule has 90 valence electrons. The van der Waals surface area contributed by atoms with Crippen molar-refractivity contribution in [3.8, 4) is 0 Å². The van der Waals surface area contributed by atoms with Crippen molar-refractivity contribution in [1.29, 1.82) is 0 Å². The topological polar surface area (TPSA) is 68.2 Å². The van der Waals surface area contributed by atoms with E-state index in [-0.39, 0.29) is 0 Å². The number of rotatable bonds is 4. The molecule has 1 aliphatic carbocycles. The highest BCUT2D eigenvalue weighted by molar-refractivity contribution is 4.99. The first-order chi connectivity index (χ1) is 7.47. The third-order valence-electron chi connectivity index (χ3n) is 3.13. The van der Waals surface area contributed by atoms with Crippen LogP contribution in [0.2, 0.25) is 0 Å². The molecule has 0 aromatic carbocycles. The predicted octanol–water partition coefficient (Wildman–Crippen LogP) is 1.25. The summed E-state index contributed by atoms with van der Waals surface area (Å²) in [4.78, 5) is 6.59. The lowest BCUT2D eigenvalue weighted by molar-refractivity contribution is 0.137. The summed E-state index contributed by atoms with van der Waals surface area (Å²) in [7, 11) is 2.10. The zero-order valence-electron chi connectivity index (χ0n) is 10.2. The molecule has 1 fully saturated rings. The summed E-state index contributed by atoms with van der Waals surface area (Å²) < 4.78 is 5.20. The van der Waals surface area contributed by atoms with Crippen molar-refractivity contribution in [3.63, 3.8) is 0 Å². The molecule has 1 saturated carbocycles. The maximum absolute atomic E-state index is 5.90. The van der Waals surface area contributed by atoms with E-state index >= 15 is 0 Å². The number of nitrogens with two attached hydrogens (primary N) is 1. The second kappa shape index (κ2) is 4.14.